The van der Waals surface area contributed by atoms with Crippen molar-refractivity contribution in [3.63, 3.8) is 0 Å². The predicted octanol–water partition coefficient (Wildman–Crippen LogP) is 2.10. The van der Waals surface area contributed by atoms with E-state index in [9.17, 15) is 13.6 Å². The molecule has 2 aromatic rings. The lowest BCUT2D eigenvalue weighted by Gasteiger charge is -2.28. The molecule has 4 rings (SSSR count). The number of methoxy groups -OCH3 is 1. The van der Waals surface area contributed by atoms with Crippen LogP contribution in [0, 0.1) is 11.6 Å². The molecule has 0 aliphatic carbocycles. The molecule has 2 aliphatic rings. The largest absolute Gasteiger partial charge is 0.481 e. The molecule has 2 amide bonds. The van der Waals surface area contributed by atoms with E-state index in [0.29, 0.717) is 11.6 Å². The maximum absolute atomic E-state index is 13.9. The van der Waals surface area contributed by atoms with E-state index in [4.69, 9.17) is 14.2 Å². The van der Waals surface area contributed by atoms with Crippen molar-refractivity contribution in [3.8, 4) is 17.4 Å². The number of likely N-dealkylation sites (tertiary alicyclic amines) is 1. The number of halogens is 2. The Hall–Kier alpha value is -3.10. The Balaban J connectivity index is 1.39. The Morgan fingerprint density at radius 3 is 2.41 bits per heavy atom. The smallest absolute Gasteiger partial charge is 0.317 e. The molecule has 3 heterocycles. The number of amides is 2. The number of aromatic nitrogens is 1. The third kappa shape index (κ3) is 3.32. The number of rotatable bonds is 3. The van der Waals surface area contributed by atoms with Gasteiger partial charge >= 0.3 is 6.03 Å². The summed E-state index contributed by atoms with van der Waals surface area (Å²) >= 11 is 0. The molecule has 0 bridgehead atoms. The lowest BCUT2D eigenvalue weighted by atomic mass is 10.2. The third-order valence-corrected chi connectivity index (χ3v) is 4.47. The number of fused-ring (bicyclic) bond motifs is 2. The molecule has 1 N–H and O–H groups in total. The topological polar surface area (TPSA) is 72.9 Å². The van der Waals surface area contributed by atoms with Crippen LogP contribution < -0.4 is 19.5 Å². The van der Waals surface area contributed by atoms with E-state index >= 15 is 0 Å². The fourth-order valence-corrected chi connectivity index (χ4v) is 3.12. The third-order valence-electron chi connectivity index (χ3n) is 4.47. The SMILES string of the molecule is COc1cccc(CNC(=O)N2C[C@@H]3Oc4c(F)ccc(F)c4O[C@@H]3C2)n1. The molecule has 27 heavy (non-hydrogen) atoms. The summed E-state index contributed by atoms with van der Waals surface area (Å²) in [6.45, 7) is 0.627. The van der Waals surface area contributed by atoms with E-state index in [2.05, 4.69) is 10.3 Å². The van der Waals surface area contributed by atoms with E-state index in [0.717, 1.165) is 12.1 Å². The molecule has 1 aromatic carbocycles. The number of carbonyl (C=O) groups excluding carboxylic acids is 1. The van der Waals surface area contributed by atoms with Gasteiger partial charge in [-0.25, -0.2) is 18.6 Å². The van der Waals surface area contributed by atoms with Crippen LogP contribution in [0.5, 0.6) is 17.4 Å². The van der Waals surface area contributed by atoms with Crippen molar-refractivity contribution in [2.75, 3.05) is 20.2 Å². The summed E-state index contributed by atoms with van der Waals surface area (Å²) in [6.07, 6.45) is -1.12. The Kier molecular flexibility index (Phi) is 4.43. The van der Waals surface area contributed by atoms with Gasteiger partial charge in [0.15, 0.2) is 23.8 Å². The average molecular weight is 377 g/mol. The number of hydrogen-bond acceptors (Lipinski definition) is 5. The van der Waals surface area contributed by atoms with Gasteiger partial charge in [-0.3, -0.25) is 0 Å². The van der Waals surface area contributed by atoms with Crippen LogP contribution in [0.4, 0.5) is 13.6 Å². The number of nitrogens with zero attached hydrogens (tertiary/aromatic N) is 2. The average Bonchev–Trinajstić information content (AvgIpc) is 3.11. The zero-order valence-corrected chi connectivity index (χ0v) is 14.4. The molecule has 9 heteroatoms. The van der Waals surface area contributed by atoms with Crippen LogP contribution in [-0.2, 0) is 6.54 Å². The molecule has 0 unspecified atom stereocenters. The Morgan fingerprint density at radius 2 is 1.81 bits per heavy atom. The highest BCUT2D eigenvalue weighted by molar-refractivity contribution is 5.74. The molecule has 2 aliphatic heterocycles. The summed E-state index contributed by atoms with van der Waals surface area (Å²) in [5, 5.41) is 2.76. The van der Waals surface area contributed by atoms with Gasteiger partial charge in [0, 0.05) is 6.07 Å². The van der Waals surface area contributed by atoms with Crippen LogP contribution in [0.1, 0.15) is 5.69 Å². The number of urea groups is 1. The van der Waals surface area contributed by atoms with E-state index in [1.165, 1.54) is 12.0 Å². The van der Waals surface area contributed by atoms with Crippen LogP contribution in [0.25, 0.3) is 0 Å². The molecule has 7 nitrogen and oxygen atoms in total. The van der Waals surface area contributed by atoms with Crippen molar-refractivity contribution in [3.05, 3.63) is 47.7 Å². The summed E-state index contributed by atoms with van der Waals surface area (Å²) in [6, 6.07) is 6.88. The van der Waals surface area contributed by atoms with Crippen LogP contribution in [0.15, 0.2) is 30.3 Å². The molecule has 2 atom stereocenters. The highest BCUT2D eigenvalue weighted by Gasteiger charge is 2.43. The number of nitrogens with one attached hydrogen (secondary N) is 1. The van der Waals surface area contributed by atoms with Gasteiger partial charge < -0.3 is 24.4 Å². The first-order chi connectivity index (χ1) is 13.0. The number of carbonyl (C=O) groups is 1. The standard InChI is InChI=1S/C18H17F2N3O4/c1-25-15-4-2-3-10(22-15)7-21-18(24)23-8-13-14(9-23)27-17-12(20)6-5-11(19)16(17)26-13/h2-6,13-14H,7-9H2,1H3,(H,21,24)/t13-,14+. The summed E-state index contributed by atoms with van der Waals surface area (Å²) in [5.74, 6) is -1.44. The van der Waals surface area contributed by atoms with Gasteiger partial charge in [0.25, 0.3) is 0 Å². The number of pyridine rings is 1. The molecule has 0 spiro atoms. The summed E-state index contributed by atoms with van der Waals surface area (Å²) < 4.78 is 43.9. The van der Waals surface area contributed by atoms with Crippen molar-refractivity contribution < 1.29 is 27.8 Å². The molecular formula is C18H17F2N3O4. The van der Waals surface area contributed by atoms with E-state index < -0.39 is 23.8 Å². The van der Waals surface area contributed by atoms with Gasteiger partial charge in [-0.2, -0.15) is 0 Å². The number of ether oxygens (including phenoxy) is 3. The first-order valence-corrected chi connectivity index (χ1v) is 8.39. The van der Waals surface area contributed by atoms with E-state index in [-0.39, 0.29) is 37.2 Å². The molecule has 0 radical (unpaired) electrons. The molecule has 0 saturated carbocycles. The molecule has 1 fully saturated rings. The Labute approximate surface area is 153 Å². The van der Waals surface area contributed by atoms with Crippen LogP contribution in [0.3, 0.4) is 0 Å². The summed E-state index contributed by atoms with van der Waals surface area (Å²) in [7, 11) is 1.51. The maximum atomic E-state index is 13.9. The molecule has 1 aromatic heterocycles. The zero-order chi connectivity index (χ0) is 19.0. The van der Waals surface area contributed by atoms with Gasteiger partial charge in [-0.15, -0.1) is 0 Å². The van der Waals surface area contributed by atoms with Crippen molar-refractivity contribution >= 4 is 6.03 Å². The van der Waals surface area contributed by atoms with Crippen molar-refractivity contribution in [1.82, 2.24) is 15.2 Å². The molecule has 1 saturated heterocycles. The van der Waals surface area contributed by atoms with Crippen molar-refractivity contribution in [2.45, 2.75) is 18.8 Å². The van der Waals surface area contributed by atoms with Gasteiger partial charge in [-0.05, 0) is 18.2 Å². The first-order valence-electron chi connectivity index (χ1n) is 8.39. The van der Waals surface area contributed by atoms with Gasteiger partial charge in [-0.1, -0.05) is 6.07 Å². The van der Waals surface area contributed by atoms with Crippen LogP contribution in [-0.4, -0.2) is 48.3 Å². The summed E-state index contributed by atoms with van der Waals surface area (Å²) in [5.41, 5.74) is 0.642. The fraction of sp³-hybridized carbons (Fsp3) is 0.333. The highest BCUT2D eigenvalue weighted by atomic mass is 19.1. The maximum Gasteiger partial charge on any atom is 0.317 e. The van der Waals surface area contributed by atoms with Crippen LogP contribution >= 0.6 is 0 Å². The minimum atomic E-state index is -0.697. The summed E-state index contributed by atoms with van der Waals surface area (Å²) in [4.78, 5) is 18.1. The lowest BCUT2D eigenvalue weighted by molar-refractivity contribution is 0.0467. The van der Waals surface area contributed by atoms with Crippen LogP contribution in [0.2, 0.25) is 0 Å². The highest BCUT2D eigenvalue weighted by Crippen LogP contribution is 2.40. The number of benzene rings is 1. The second kappa shape index (κ2) is 6.90. The monoisotopic (exact) mass is 377 g/mol. The van der Waals surface area contributed by atoms with E-state index in [1.807, 2.05) is 0 Å². The van der Waals surface area contributed by atoms with E-state index in [1.54, 1.807) is 18.2 Å². The van der Waals surface area contributed by atoms with Gasteiger partial charge in [0.1, 0.15) is 0 Å². The second-order valence-electron chi connectivity index (χ2n) is 6.24. The Bertz CT molecular complexity index is 841. The predicted molar refractivity (Wildman–Crippen MR) is 89.8 cm³/mol. The quantitative estimate of drug-likeness (QED) is 0.887. The van der Waals surface area contributed by atoms with Gasteiger partial charge in [0.2, 0.25) is 17.4 Å². The van der Waals surface area contributed by atoms with Crippen molar-refractivity contribution in [2.24, 2.45) is 0 Å². The van der Waals surface area contributed by atoms with Gasteiger partial charge in [0.05, 0.1) is 32.4 Å². The lowest BCUT2D eigenvalue weighted by Crippen LogP contribution is -2.39. The minimum Gasteiger partial charge on any atom is -0.481 e. The fourth-order valence-electron chi connectivity index (χ4n) is 3.12. The molecular weight excluding hydrogens is 360 g/mol. The normalized spacial score (nSPS) is 20.2. The number of hydrogen-bond donors (Lipinski definition) is 1. The van der Waals surface area contributed by atoms with Crippen molar-refractivity contribution in [1.29, 1.82) is 0 Å². The minimum absolute atomic E-state index is 0.206. The first kappa shape index (κ1) is 17.3. The zero-order valence-electron chi connectivity index (χ0n) is 14.4. The second-order valence-corrected chi connectivity index (χ2v) is 6.24. The Morgan fingerprint density at radius 1 is 1.19 bits per heavy atom. The molecule has 142 valence electrons.